The first kappa shape index (κ1) is 12.1. The molecule has 2 unspecified atom stereocenters. The van der Waals surface area contributed by atoms with Gasteiger partial charge in [0.15, 0.2) is 0 Å². The van der Waals surface area contributed by atoms with E-state index in [1.165, 1.54) is 12.1 Å². The van der Waals surface area contributed by atoms with Crippen molar-refractivity contribution >= 4 is 21.6 Å². The molecule has 0 heterocycles. The maximum absolute atomic E-state index is 13.5. The number of nitrogens with zero attached hydrogens (tertiary/aromatic N) is 1. The normalized spacial score (nSPS) is 14.7. The van der Waals surface area contributed by atoms with Gasteiger partial charge < -0.3 is 0 Å². The molecule has 1 rings (SSSR count). The molecule has 0 bridgehead atoms. The monoisotopic (exact) mass is 275 g/mol. The van der Waals surface area contributed by atoms with E-state index < -0.39 is 10.7 Å². The fraction of sp³-hybridized carbons (Fsp3) is 0.400. The summed E-state index contributed by atoms with van der Waals surface area (Å²) in [6, 6.07) is 3.75. The number of benzene rings is 1. The van der Waals surface area contributed by atoms with Crippen molar-refractivity contribution in [3.63, 3.8) is 0 Å². The molecule has 0 N–H and O–H groups in total. The molecule has 0 aliphatic heterocycles. The lowest BCUT2D eigenvalue weighted by molar-refractivity contribution is -0.385. The Hall–Kier alpha value is -0.970. The van der Waals surface area contributed by atoms with E-state index in [4.69, 9.17) is 0 Å². The van der Waals surface area contributed by atoms with Crippen LogP contribution in [-0.4, -0.2) is 9.75 Å². The van der Waals surface area contributed by atoms with Crippen LogP contribution >= 0.6 is 15.9 Å². The van der Waals surface area contributed by atoms with Crippen molar-refractivity contribution < 1.29 is 9.31 Å². The van der Waals surface area contributed by atoms with E-state index in [-0.39, 0.29) is 16.4 Å². The molecule has 0 fully saturated rings. The van der Waals surface area contributed by atoms with Crippen LogP contribution in [0, 0.1) is 15.9 Å². The van der Waals surface area contributed by atoms with Crippen LogP contribution in [0.5, 0.6) is 0 Å². The average Bonchev–Trinajstić information content (AvgIpc) is 2.16. The van der Waals surface area contributed by atoms with Crippen molar-refractivity contribution in [2.75, 3.05) is 0 Å². The van der Waals surface area contributed by atoms with Gasteiger partial charge in [-0.25, -0.2) is 4.39 Å². The first-order valence-electron chi connectivity index (χ1n) is 4.51. The third-order valence-corrected chi connectivity index (χ3v) is 3.17. The summed E-state index contributed by atoms with van der Waals surface area (Å²) in [5.74, 6) is -0.547. The molecular weight excluding hydrogens is 265 g/mol. The summed E-state index contributed by atoms with van der Waals surface area (Å²) < 4.78 is 13.5. The van der Waals surface area contributed by atoms with Crippen LogP contribution in [0.25, 0.3) is 0 Å². The molecule has 1 aromatic rings. The van der Waals surface area contributed by atoms with Gasteiger partial charge in [0, 0.05) is 10.9 Å². The Kier molecular flexibility index (Phi) is 3.79. The third-order valence-electron chi connectivity index (χ3n) is 2.37. The van der Waals surface area contributed by atoms with E-state index in [1.807, 2.05) is 13.8 Å². The smallest absolute Gasteiger partial charge is 0.258 e. The van der Waals surface area contributed by atoms with Crippen LogP contribution in [-0.2, 0) is 0 Å². The van der Waals surface area contributed by atoms with Crippen LogP contribution in [0.4, 0.5) is 10.1 Å². The highest BCUT2D eigenvalue weighted by molar-refractivity contribution is 9.09. The maximum Gasteiger partial charge on any atom is 0.272 e. The van der Waals surface area contributed by atoms with E-state index in [2.05, 4.69) is 15.9 Å². The maximum atomic E-state index is 13.5. The number of nitro groups is 1. The summed E-state index contributed by atoms with van der Waals surface area (Å²) in [7, 11) is 0. The molecule has 0 spiro atoms. The average molecular weight is 276 g/mol. The minimum Gasteiger partial charge on any atom is -0.258 e. The summed E-state index contributed by atoms with van der Waals surface area (Å²) in [5, 5.41) is 10.4. The molecule has 0 saturated heterocycles. The molecule has 0 saturated carbocycles. The number of hydrogen-bond acceptors (Lipinski definition) is 2. The fourth-order valence-corrected chi connectivity index (χ4v) is 1.53. The second-order valence-electron chi connectivity index (χ2n) is 3.43. The lowest BCUT2D eigenvalue weighted by Gasteiger charge is -2.14. The van der Waals surface area contributed by atoms with Gasteiger partial charge in [-0.3, -0.25) is 10.1 Å². The predicted molar refractivity (Wildman–Crippen MR) is 59.9 cm³/mol. The molecule has 1 aromatic carbocycles. The van der Waals surface area contributed by atoms with Crippen molar-refractivity contribution in [2.24, 2.45) is 0 Å². The van der Waals surface area contributed by atoms with Gasteiger partial charge in [-0.15, -0.1) is 0 Å². The van der Waals surface area contributed by atoms with Crippen LogP contribution in [0.3, 0.4) is 0 Å². The van der Waals surface area contributed by atoms with Gasteiger partial charge in [0.1, 0.15) is 5.82 Å². The van der Waals surface area contributed by atoms with Crippen molar-refractivity contribution in [3.8, 4) is 0 Å². The number of non-ortho nitro benzene ring substituents is 1. The number of rotatable bonds is 3. The number of hydrogen-bond donors (Lipinski definition) is 0. The zero-order chi connectivity index (χ0) is 11.6. The Morgan fingerprint density at radius 3 is 2.47 bits per heavy atom. The number of halogens is 2. The van der Waals surface area contributed by atoms with Gasteiger partial charge in [0.2, 0.25) is 0 Å². The Labute approximate surface area is 95.6 Å². The van der Waals surface area contributed by atoms with Gasteiger partial charge in [0.05, 0.1) is 11.0 Å². The van der Waals surface area contributed by atoms with Gasteiger partial charge in [-0.2, -0.15) is 0 Å². The topological polar surface area (TPSA) is 43.1 Å². The molecule has 0 amide bonds. The zero-order valence-electron chi connectivity index (χ0n) is 8.41. The Morgan fingerprint density at radius 1 is 1.47 bits per heavy atom. The van der Waals surface area contributed by atoms with E-state index in [0.29, 0.717) is 5.56 Å². The first-order chi connectivity index (χ1) is 6.93. The lowest BCUT2D eigenvalue weighted by Crippen LogP contribution is -2.07. The Balaban J connectivity index is 3.08. The van der Waals surface area contributed by atoms with E-state index >= 15 is 0 Å². The fourth-order valence-electron chi connectivity index (χ4n) is 1.25. The van der Waals surface area contributed by atoms with Gasteiger partial charge >= 0.3 is 0 Å². The number of nitro benzene ring substituents is 1. The second kappa shape index (κ2) is 4.70. The molecular formula is C10H11BrFNO2. The molecule has 5 heteroatoms. The minimum atomic E-state index is -0.602. The minimum absolute atomic E-state index is 0.0224. The highest BCUT2D eigenvalue weighted by atomic mass is 79.9. The third kappa shape index (κ3) is 2.75. The first-order valence-corrected chi connectivity index (χ1v) is 5.43. The zero-order valence-corrected chi connectivity index (χ0v) is 9.99. The molecule has 0 aliphatic rings. The number of alkyl halides is 1. The molecule has 0 radical (unpaired) electrons. The van der Waals surface area contributed by atoms with Gasteiger partial charge in [-0.1, -0.05) is 29.8 Å². The molecule has 82 valence electrons. The standard InChI is InChI=1S/C10H11BrFNO2/c1-6(7(2)11)9-4-3-8(13(14)15)5-10(9)12/h3-7H,1-2H3. The van der Waals surface area contributed by atoms with Gasteiger partial charge in [-0.05, 0) is 17.5 Å². The highest BCUT2D eigenvalue weighted by Gasteiger charge is 2.18. The quantitative estimate of drug-likeness (QED) is 0.480. The molecule has 2 atom stereocenters. The van der Waals surface area contributed by atoms with Crippen molar-refractivity contribution in [3.05, 3.63) is 39.7 Å². The van der Waals surface area contributed by atoms with Crippen molar-refractivity contribution in [1.29, 1.82) is 0 Å². The highest BCUT2D eigenvalue weighted by Crippen LogP contribution is 2.28. The summed E-state index contributed by atoms with van der Waals surface area (Å²) in [6.45, 7) is 3.77. The van der Waals surface area contributed by atoms with E-state index in [0.717, 1.165) is 6.07 Å². The second-order valence-corrected chi connectivity index (χ2v) is 4.87. The molecule has 15 heavy (non-hydrogen) atoms. The lowest BCUT2D eigenvalue weighted by atomic mass is 9.98. The SMILES string of the molecule is CC(Br)C(C)c1ccc([N+](=O)[O-])cc1F. The van der Waals surface area contributed by atoms with Crippen LogP contribution < -0.4 is 0 Å². The summed E-state index contributed by atoms with van der Waals surface area (Å²) in [6.07, 6.45) is 0. The molecule has 0 aromatic heterocycles. The van der Waals surface area contributed by atoms with Gasteiger partial charge in [0.25, 0.3) is 5.69 Å². The van der Waals surface area contributed by atoms with Crippen molar-refractivity contribution in [2.45, 2.75) is 24.6 Å². The predicted octanol–water partition coefficient (Wildman–Crippen LogP) is 3.62. The Bertz CT molecular complexity index is 382. The van der Waals surface area contributed by atoms with Crippen LogP contribution in [0.2, 0.25) is 0 Å². The summed E-state index contributed by atoms with van der Waals surface area (Å²) >= 11 is 3.36. The summed E-state index contributed by atoms with van der Waals surface area (Å²) in [5.41, 5.74) is 0.274. The molecule has 0 aliphatic carbocycles. The van der Waals surface area contributed by atoms with Crippen LogP contribution in [0.1, 0.15) is 25.3 Å². The van der Waals surface area contributed by atoms with Crippen molar-refractivity contribution in [1.82, 2.24) is 0 Å². The van der Waals surface area contributed by atoms with Crippen LogP contribution in [0.15, 0.2) is 18.2 Å². The Morgan fingerprint density at radius 2 is 2.07 bits per heavy atom. The summed E-state index contributed by atoms with van der Waals surface area (Å²) in [4.78, 5) is 9.91. The van der Waals surface area contributed by atoms with E-state index in [1.54, 1.807) is 0 Å². The van der Waals surface area contributed by atoms with E-state index in [9.17, 15) is 14.5 Å². The molecule has 3 nitrogen and oxygen atoms in total. The largest absolute Gasteiger partial charge is 0.272 e.